The maximum atomic E-state index is 5.93. The number of benzene rings is 1. The van der Waals surface area contributed by atoms with Crippen LogP contribution in [0.2, 0.25) is 0 Å². The van der Waals surface area contributed by atoms with E-state index < -0.39 is 0 Å². The fraction of sp³-hybridized carbons (Fsp3) is 0.571. The van der Waals surface area contributed by atoms with Crippen LogP contribution in [0.4, 0.5) is 0 Å². The van der Waals surface area contributed by atoms with Crippen LogP contribution in [0.3, 0.4) is 0 Å². The molecule has 1 aromatic rings. The molecule has 86 valence electrons. The molecule has 0 bridgehead atoms. The van der Waals surface area contributed by atoms with E-state index in [1.165, 1.54) is 36.9 Å². The summed E-state index contributed by atoms with van der Waals surface area (Å²) in [5, 5.41) is 0. The Morgan fingerprint density at radius 2 is 1.75 bits per heavy atom. The van der Waals surface area contributed by atoms with E-state index in [4.69, 9.17) is 5.73 Å². The first-order valence-corrected chi connectivity index (χ1v) is 6.31. The second kappa shape index (κ2) is 3.86. The number of rotatable bonds is 3. The summed E-state index contributed by atoms with van der Waals surface area (Å²) in [6.07, 6.45) is 4.03. The van der Waals surface area contributed by atoms with Gasteiger partial charge < -0.3 is 5.73 Å². The zero-order chi connectivity index (χ0) is 11.0. The number of fused-ring (bicyclic) bond motifs is 1. The summed E-state index contributed by atoms with van der Waals surface area (Å²) in [6, 6.07) is 8.80. The first kappa shape index (κ1) is 10.3. The van der Waals surface area contributed by atoms with Gasteiger partial charge in [0.15, 0.2) is 0 Å². The molecule has 1 aliphatic heterocycles. The molecule has 1 heterocycles. The van der Waals surface area contributed by atoms with Crippen LogP contribution in [0.15, 0.2) is 24.3 Å². The summed E-state index contributed by atoms with van der Waals surface area (Å²) < 4.78 is 0. The molecule has 0 amide bonds. The highest BCUT2D eigenvalue weighted by molar-refractivity contribution is 5.30. The van der Waals surface area contributed by atoms with E-state index in [0.29, 0.717) is 5.41 Å². The van der Waals surface area contributed by atoms with Gasteiger partial charge in [-0.2, -0.15) is 0 Å². The second-order valence-corrected chi connectivity index (χ2v) is 5.47. The second-order valence-electron chi connectivity index (χ2n) is 5.47. The maximum Gasteiger partial charge on any atom is 0.0240 e. The van der Waals surface area contributed by atoms with Gasteiger partial charge in [0.25, 0.3) is 0 Å². The fourth-order valence-electron chi connectivity index (χ4n) is 3.09. The van der Waals surface area contributed by atoms with Gasteiger partial charge in [0.1, 0.15) is 0 Å². The van der Waals surface area contributed by atoms with E-state index in [9.17, 15) is 0 Å². The Hall–Kier alpha value is -0.860. The van der Waals surface area contributed by atoms with Crippen molar-refractivity contribution < 1.29 is 0 Å². The monoisotopic (exact) mass is 216 g/mol. The Morgan fingerprint density at radius 3 is 2.19 bits per heavy atom. The lowest BCUT2D eigenvalue weighted by molar-refractivity contribution is 0.0734. The minimum absolute atomic E-state index is 0.446. The summed E-state index contributed by atoms with van der Waals surface area (Å²) >= 11 is 0. The molecule has 2 N–H and O–H groups in total. The van der Waals surface area contributed by atoms with Gasteiger partial charge in [-0.1, -0.05) is 30.7 Å². The Morgan fingerprint density at radius 1 is 1.12 bits per heavy atom. The lowest BCUT2D eigenvalue weighted by Gasteiger charge is -2.43. The normalized spacial score (nSPS) is 22.8. The molecule has 1 aromatic carbocycles. The predicted octanol–water partition coefficient (Wildman–Crippen LogP) is 2.13. The van der Waals surface area contributed by atoms with Gasteiger partial charge in [-0.25, -0.2) is 0 Å². The smallest absolute Gasteiger partial charge is 0.0240 e. The first-order valence-electron chi connectivity index (χ1n) is 6.31. The molecule has 2 nitrogen and oxygen atoms in total. The van der Waals surface area contributed by atoms with Crippen LogP contribution in [0.25, 0.3) is 0 Å². The molecule has 1 aliphatic carbocycles. The van der Waals surface area contributed by atoms with Crippen LogP contribution in [0, 0.1) is 5.41 Å². The van der Waals surface area contributed by atoms with Crippen LogP contribution < -0.4 is 5.73 Å². The SMILES string of the molecule is NCC1(CN2Cc3ccccc3C2)CCC1. The van der Waals surface area contributed by atoms with Gasteiger partial charge >= 0.3 is 0 Å². The van der Waals surface area contributed by atoms with Crippen molar-refractivity contribution in [2.75, 3.05) is 13.1 Å². The molecule has 0 radical (unpaired) electrons. The van der Waals surface area contributed by atoms with Crippen LogP contribution in [0.5, 0.6) is 0 Å². The molecule has 1 saturated carbocycles. The van der Waals surface area contributed by atoms with Crippen molar-refractivity contribution in [3.63, 3.8) is 0 Å². The van der Waals surface area contributed by atoms with Crippen molar-refractivity contribution in [3.8, 4) is 0 Å². The molecule has 1 fully saturated rings. The number of hydrogen-bond acceptors (Lipinski definition) is 2. The summed E-state index contributed by atoms with van der Waals surface area (Å²) in [5.74, 6) is 0. The molecule has 2 aliphatic rings. The van der Waals surface area contributed by atoms with Crippen molar-refractivity contribution in [2.45, 2.75) is 32.4 Å². The topological polar surface area (TPSA) is 29.3 Å². The lowest BCUT2D eigenvalue weighted by Crippen LogP contribution is -2.45. The Kier molecular flexibility index (Phi) is 2.49. The predicted molar refractivity (Wildman–Crippen MR) is 65.9 cm³/mol. The third-order valence-electron chi connectivity index (χ3n) is 4.31. The number of nitrogens with two attached hydrogens (primary N) is 1. The van der Waals surface area contributed by atoms with E-state index in [1.54, 1.807) is 0 Å². The highest BCUT2D eigenvalue weighted by atomic mass is 15.1. The molecule has 0 unspecified atom stereocenters. The lowest BCUT2D eigenvalue weighted by atomic mass is 9.68. The molecular weight excluding hydrogens is 196 g/mol. The molecule has 0 atom stereocenters. The zero-order valence-corrected chi connectivity index (χ0v) is 9.78. The van der Waals surface area contributed by atoms with Crippen molar-refractivity contribution >= 4 is 0 Å². The van der Waals surface area contributed by atoms with Crippen molar-refractivity contribution in [1.82, 2.24) is 4.90 Å². The molecule has 0 spiro atoms. The first-order chi connectivity index (χ1) is 7.81. The average molecular weight is 216 g/mol. The Balaban J connectivity index is 1.68. The third kappa shape index (κ3) is 1.66. The average Bonchev–Trinajstić information content (AvgIpc) is 2.65. The van der Waals surface area contributed by atoms with Gasteiger partial charge in [0.05, 0.1) is 0 Å². The maximum absolute atomic E-state index is 5.93. The molecule has 2 heteroatoms. The highest BCUT2D eigenvalue weighted by Crippen LogP contribution is 2.41. The van der Waals surface area contributed by atoms with Gasteiger partial charge in [0, 0.05) is 19.6 Å². The van der Waals surface area contributed by atoms with Crippen molar-refractivity contribution in [1.29, 1.82) is 0 Å². The number of nitrogens with zero attached hydrogens (tertiary/aromatic N) is 1. The fourth-order valence-corrected chi connectivity index (χ4v) is 3.09. The van der Waals surface area contributed by atoms with Crippen LogP contribution >= 0.6 is 0 Å². The molecule has 0 aromatic heterocycles. The molecule has 16 heavy (non-hydrogen) atoms. The largest absolute Gasteiger partial charge is 0.330 e. The third-order valence-corrected chi connectivity index (χ3v) is 4.31. The van der Waals surface area contributed by atoms with E-state index in [2.05, 4.69) is 29.2 Å². The quantitative estimate of drug-likeness (QED) is 0.838. The van der Waals surface area contributed by atoms with Crippen LogP contribution in [-0.2, 0) is 13.1 Å². The highest BCUT2D eigenvalue weighted by Gasteiger charge is 2.38. The molecule has 3 rings (SSSR count). The van der Waals surface area contributed by atoms with Crippen LogP contribution in [0.1, 0.15) is 30.4 Å². The van der Waals surface area contributed by atoms with Gasteiger partial charge in [-0.15, -0.1) is 0 Å². The zero-order valence-electron chi connectivity index (χ0n) is 9.78. The van der Waals surface area contributed by atoms with Crippen molar-refractivity contribution in [2.24, 2.45) is 11.1 Å². The Labute approximate surface area is 97.4 Å². The van der Waals surface area contributed by atoms with E-state index in [1.807, 2.05) is 0 Å². The van der Waals surface area contributed by atoms with E-state index >= 15 is 0 Å². The minimum Gasteiger partial charge on any atom is -0.330 e. The molecule has 0 saturated heterocycles. The minimum atomic E-state index is 0.446. The van der Waals surface area contributed by atoms with Gasteiger partial charge in [-0.3, -0.25) is 4.90 Å². The van der Waals surface area contributed by atoms with Gasteiger partial charge in [0.2, 0.25) is 0 Å². The summed E-state index contributed by atoms with van der Waals surface area (Å²) in [4.78, 5) is 2.57. The summed E-state index contributed by atoms with van der Waals surface area (Å²) in [5.41, 5.74) is 9.39. The van der Waals surface area contributed by atoms with Crippen LogP contribution in [-0.4, -0.2) is 18.0 Å². The van der Waals surface area contributed by atoms with E-state index in [0.717, 1.165) is 19.6 Å². The summed E-state index contributed by atoms with van der Waals surface area (Å²) in [7, 11) is 0. The standard InChI is InChI=1S/C14H20N2/c15-10-14(6-3-7-14)11-16-8-12-4-1-2-5-13(12)9-16/h1-2,4-5H,3,6-11,15H2. The number of hydrogen-bond donors (Lipinski definition) is 1. The molecular formula is C14H20N2. The van der Waals surface area contributed by atoms with E-state index in [-0.39, 0.29) is 0 Å². The van der Waals surface area contributed by atoms with Gasteiger partial charge in [-0.05, 0) is 35.9 Å². The Bertz CT molecular complexity index is 352. The van der Waals surface area contributed by atoms with Crippen molar-refractivity contribution in [3.05, 3.63) is 35.4 Å². The summed E-state index contributed by atoms with van der Waals surface area (Å²) in [6.45, 7) is 4.30.